The summed E-state index contributed by atoms with van der Waals surface area (Å²) in [6.45, 7) is 1.68. The van der Waals surface area contributed by atoms with E-state index in [0.717, 1.165) is 49.8 Å². The van der Waals surface area contributed by atoms with E-state index < -0.39 is 10.0 Å². The number of pyridine rings is 1. The molecule has 0 spiro atoms. The molecule has 2 aliphatic rings. The Bertz CT molecular complexity index is 1010. The lowest BCUT2D eigenvalue weighted by molar-refractivity contribution is -0.127. The molecule has 7 heteroatoms. The fraction of sp³-hybridized carbons (Fsp3) is 0.417. The maximum atomic E-state index is 12.9. The van der Waals surface area contributed by atoms with Gasteiger partial charge in [0, 0.05) is 31.4 Å². The quantitative estimate of drug-likeness (QED) is 0.615. The molecule has 1 aromatic heterocycles. The van der Waals surface area contributed by atoms with Gasteiger partial charge in [-0.05, 0) is 61.6 Å². The van der Waals surface area contributed by atoms with Crippen LogP contribution in [0.2, 0.25) is 0 Å². The average molecular weight is 440 g/mol. The first kappa shape index (κ1) is 21.7. The molecule has 6 nitrogen and oxygen atoms in total. The van der Waals surface area contributed by atoms with Gasteiger partial charge in [0.2, 0.25) is 15.9 Å². The molecule has 164 valence electrons. The number of carbonyl (C=O) groups excluding carboxylic acids is 1. The second-order valence-corrected chi connectivity index (χ2v) is 10.2. The molecule has 2 fully saturated rings. The molecular formula is C24H29N3O3S. The van der Waals surface area contributed by atoms with Crippen LogP contribution in [0.3, 0.4) is 0 Å². The standard InChI is InChI=1S/C24H29N3O3S/c28-24(27(22-11-12-22)19-21-7-3-4-16-25-21)15-10-20-8-13-23(14-9-20)31(29,30)26-17-5-1-2-6-18-26/h3-4,7-10,13-16,22H,1-2,5-6,11-12,17-19H2. The summed E-state index contributed by atoms with van der Waals surface area (Å²) in [5.41, 5.74) is 1.68. The van der Waals surface area contributed by atoms with Crippen LogP contribution >= 0.6 is 0 Å². The number of benzene rings is 1. The van der Waals surface area contributed by atoms with Crippen LogP contribution in [0.4, 0.5) is 0 Å². The van der Waals surface area contributed by atoms with Gasteiger partial charge in [0.25, 0.3) is 0 Å². The van der Waals surface area contributed by atoms with Crippen molar-refractivity contribution >= 4 is 22.0 Å². The third-order valence-electron chi connectivity index (χ3n) is 5.83. The molecule has 1 amide bonds. The molecule has 1 aliphatic carbocycles. The van der Waals surface area contributed by atoms with Gasteiger partial charge >= 0.3 is 0 Å². The third-order valence-corrected chi connectivity index (χ3v) is 7.74. The normalized spacial score (nSPS) is 18.1. The van der Waals surface area contributed by atoms with Gasteiger partial charge in [-0.15, -0.1) is 0 Å². The minimum Gasteiger partial charge on any atom is -0.330 e. The number of hydrogen-bond acceptors (Lipinski definition) is 4. The molecule has 1 saturated heterocycles. The number of nitrogens with zero attached hydrogens (tertiary/aromatic N) is 3. The summed E-state index contributed by atoms with van der Waals surface area (Å²) in [6, 6.07) is 12.8. The molecule has 0 radical (unpaired) electrons. The molecule has 1 aromatic carbocycles. The van der Waals surface area contributed by atoms with Crippen molar-refractivity contribution in [2.45, 2.75) is 56.0 Å². The van der Waals surface area contributed by atoms with E-state index in [1.807, 2.05) is 23.1 Å². The van der Waals surface area contributed by atoms with Crippen LogP contribution in [0.5, 0.6) is 0 Å². The van der Waals surface area contributed by atoms with Crippen LogP contribution in [-0.4, -0.2) is 47.6 Å². The van der Waals surface area contributed by atoms with Gasteiger partial charge in [-0.3, -0.25) is 9.78 Å². The van der Waals surface area contributed by atoms with Crippen LogP contribution in [0.15, 0.2) is 59.6 Å². The van der Waals surface area contributed by atoms with Gasteiger partial charge in [0.1, 0.15) is 0 Å². The molecular weight excluding hydrogens is 410 g/mol. The number of carbonyl (C=O) groups is 1. The molecule has 4 rings (SSSR count). The van der Waals surface area contributed by atoms with Crippen LogP contribution in [0.25, 0.3) is 6.08 Å². The van der Waals surface area contributed by atoms with E-state index in [2.05, 4.69) is 4.98 Å². The first-order chi connectivity index (χ1) is 15.0. The summed E-state index contributed by atoms with van der Waals surface area (Å²) < 4.78 is 27.4. The van der Waals surface area contributed by atoms with E-state index >= 15 is 0 Å². The molecule has 31 heavy (non-hydrogen) atoms. The summed E-state index contributed by atoms with van der Waals surface area (Å²) in [5.74, 6) is -0.0468. The van der Waals surface area contributed by atoms with Crippen LogP contribution in [-0.2, 0) is 21.4 Å². The van der Waals surface area contributed by atoms with Crippen molar-refractivity contribution in [2.75, 3.05) is 13.1 Å². The van der Waals surface area contributed by atoms with E-state index in [0.29, 0.717) is 24.5 Å². The second kappa shape index (κ2) is 9.75. The summed E-state index contributed by atoms with van der Waals surface area (Å²) in [4.78, 5) is 19.3. The zero-order valence-corrected chi connectivity index (χ0v) is 18.5. The van der Waals surface area contributed by atoms with Crippen LogP contribution in [0, 0.1) is 0 Å². The Labute approximate surface area is 184 Å². The molecule has 2 heterocycles. The van der Waals surface area contributed by atoms with Gasteiger partial charge < -0.3 is 4.90 Å². The zero-order valence-electron chi connectivity index (χ0n) is 17.7. The highest BCUT2D eigenvalue weighted by Gasteiger charge is 2.31. The molecule has 2 aromatic rings. The van der Waals surface area contributed by atoms with Crippen LogP contribution < -0.4 is 0 Å². The van der Waals surface area contributed by atoms with E-state index in [4.69, 9.17) is 0 Å². The Hall–Kier alpha value is -2.51. The number of hydrogen-bond donors (Lipinski definition) is 0. The second-order valence-electron chi connectivity index (χ2n) is 8.24. The fourth-order valence-electron chi connectivity index (χ4n) is 3.88. The maximum absolute atomic E-state index is 12.9. The lowest BCUT2D eigenvalue weighted by Gasteiger charge is -2.20. The number of rotatable bonds is 7. The Morgan fingerprint density at radius 1 is 1.03 bits per heavy atom. The van der Waals surface area contributed by atoms with Gasteiger partial charge in [-0.25, -0.2) is 8.42 Å². The van der Waals surface area contributed by atoms with Crippen molar-refractivity contribution in [1.29, 1.82) is 0 Å². The van der Waals surface area contributed by atoms with Gasteiger partial charge in [-0.2, -0.15) is 4.31 Å². The fourth-order valence-corrected chi connectivity index (χ4v) is 5.40. The monoisotopic (exact) mass is 439 g/mol. The van der Waals surface area contributed by atoms with E-state index in [1.165, 1.54) is 0 Å². The summed E-state index contributed by atoms with van der Waals surface area (Å²) >= 11 is 0. The smallest absolute Gasteiger partial charge is 0.247 e. The highest BCUT2D eigenvalue weighted by molar-refractivity contribution is 7.89. The number of amides is 1. The minimum absolute atomic E-state index is 0.0468. The van der Waals surface area contributed by atoms with Crippen molar-refractivity contribution in [1.82, 2.24) is 14.2 Å². The van der Waals surface area contributed by atoms with Crippen molar-refractivity contribution in [2.24, 2.45) is 0 Å². The van der Waals surface area contributed by atoms with Crippen molar-refractivity contribution < 1.29 is 13.2 Å². The van der Waals surface area contributed by atoms with Crippen molar-refractivity contribution in [3.8, 4) is 0 Å². The highest BCUT2D eigenvalue weighted by atomic mass is 32.2. The van der Waals surface area contributed by atoms with Crippen molar-refractivity contribution in [3.63, 3.8) is 0 Å². The predicted octanol–water partition coefficient (Wildman–Crippen LogP) is 3.85. The summed E-state index contributed by atoms with van der Waals surface area (Å²) in [6.07, 6.45) is 11.1. The lowest BCUT2D eigenvalue weighted by atomic mass is 10.2. The third kappa shape index (κ3) is 5.60. The summed E-state index contributed by atoms with van der Waals surface area (Å²) in [5, 5.41) is 0. The molecule has 1 aliphatic heterocycles. The maximum Gasteiger partial charge on any atom is 0.247 e. The van der Waals surface area contributed by atoms with Gasteiger partial charge in [-0.1, -0.05) is 31.0 Å². The SMILES string of the molecule is O=C(C=Cc1ccc(S(=O)(=O)N2CCCCCC2)cc1)N(Cc1ccccn1)C1CC1. The lowest BCUT2D eigenvalue weighted by Crippen LogP contribution is -2.31. The zero-order chi connectivity index (χ0) is 21.7. The van der Waals surface area contributed by atoms with E-state index in [-0.39, 0.29) is 11.9 Å². The molecule has 0 bridgehead atoms. The Morgan fingerprint density at radius 2 is 1.74 bits per heavy atom. The largest absolute Gasteiger partial charge is 0.330 e. The molecule has 0 unspecified atom stereocenters. The first-order valence-corrected chi connectivity index (χ1v) is 12.5. The number of sulfonamides is 1. The van der Waals surface area contributed by atoms with Gasteiger partial charge in [0.15, 0.2) is 0 Å². The van der Waals surface area contributed by atoms with E-state index in [9.17, 15) is 13.2 Å². The van der Waals surface area contributed by atoms with E-state index in [1.54, 1.807) is 46.9 Å². The Morgan fingerprint density at radius 3 is 2.35 bits per heavy atom. The summed E-state index contributed by atoms with van der Waals surface area (Å²) in [7, 11) is -3.46. The topological polar surface area (TPSA) is 70.6 Å². The molecule has 0 atom stereocenters. The van der Waals surface area contributed by atoms with Gasteiger partial charge in [0.05, 0.1) is 17.1 Å². The Balaban J connectivity index is 1.42. The van der Waals surface area contributed by atoms with Crippen molar-refractivity contribution in [3.05, 3.63) is 66.0 Å². The molecule has 1 saturated carbocycles. The molecule has 0 N–H and O–H groups in total. The van der Waals surface area contributed by atoms with Crippen LogP contribution in [0.1, 0.15) is 49.8 Å². The Kier molecular flexibility index (Phi) is 6.83. The predicted molar refractivity (Wildman–Crippen MR) is 121 cm³/mol. The average Bonchev–Trinajstić information content (AvgIpc) is 3.64. The first-order valence-electron chi connectivity index (χ1n) is 11.0. The minimum atomic E-state index is -3.46. The highest BCUT2D eigenvalue weighted by Crippen LogP contribution is 2.28. The number of aromatic nitrogens is 1.